The molecular formula is C13H23BrN4. The van der Waals surface area contributed by atoms with E-state index in [9.17, 15) is 0 Å². The Morgan fingerprint density at radius 1 is 1.44 bits per heavy atom. The first-order valence-corrected chi connectivity index (χ1v) is 7.41. The Kier molecular flexibility index (Phi) is 4.14. The van der Waals surface area contributed by atoms with Crippen molar-refractivity contribution in [1.82, 2.24) is 20.0 Å². The number of hydrogen-bond acceptors (Lipinski definition) is 3. The molecule has 1 fully saturated rings. The third-order valence-corrected chi connectivity index (χ3v) is 4.73. The summed E-state index contributed by atoms with van der Waals surface area (Å²) in [4.78, 5) is 2.53. The van der Waals surface area contributed by atoms with Gasteiger partial charge in [0.2, 0.25) is 0 Å². The van der Waals surface area contributed by atoms with Gasteiger partial charge in [-0.3, -0.25) is 9.58 Å². The van der Waals surface area contributed by atoms with Crippen molar-refractivity contribution in [3.63, 3.8) is 0 Å². The summed E-state index contributed by atoms with van der Waals surface area (Å²) >= 11 is 3.70. The van der Waals surface area contributed by atoms with E-state index in [1.807, 2.05) is 11.7 Å². The second kappa shape index (κ2) is 5.31. The summed E-state index contributed by atoms with van der Waals surface area (Å²) in [7, 11) is 2.04. The molecule has 0 aliphatic carbocycles. The van der Waals surface area contributed by atoms with Crippen molar-refractivity contribution < 1.29 is 0 Å². The van der Waals surface area contributed by atoms with Crippen molar-refractivity contribution in [2.24, 2.45) is 7.05 Å². The monoisotopic (exact) mass is 314 g/mol. The zero-order valence-corrected chi connectivity index (χ0v) is 13.3. The number of aromatic nitrogens is 2. The van der Waals surface area contributed by atoms with Gasteiger partial charge in [0.25, 0.3) is 0 Å². The first-order valence-electron chi connectivity index (χ1n) is 6.61. The fraction of sp³-hybridized carbons (Fsp3) is 0.769. The van der Waals surface area contributed by atoms with E-state index in [2.05, 4.69) is 52.0 Å². The second-order valence-electron chi connectivity index (χ2n) is 5.60. The van der Waals surface area contributed by atoms with E-state index in [1.54, 1.807) is 0 Å². The molecule has 1 aromatic rings. The first kappa shape index (κ1) is 14.0. The molecule has 2 rings (SSSR count). The van der Waals surface area contributed by atoms with Crippen LogP contribution in [0.3, 0.4) is 0 Å². The van der Waals surface area contributed by atoms with E-state index < -0.39 is 0 Å². The highest BCUT2D eigenvalue weighted by Gasteiger charge is 2.30. The van der Waals surface area contributed by atoms with Gasteiger partial charge in [-0.1, -0.05) is 6.92 Å². The molecule has 0 saturated carbocycles. The number of aryl methyl sites for hydroxylation is 2. The SMILES string of the molecule is CCc1nn(C)c(CN2CCNCC2(C)C)c1Br. The van der Waals surface area contributed by atoms with Gasteiger partial charge in [0.05, 0.1) is 15.9 Å². The van der Waals surface area contributed by atoms with E-state index in [-0.39, 0.29) is 5.54 Å². The number of hydrogen-bond donors (Lipinski definition) is 1. The van der Waals surface area contributed by atoms with Crippen LogP contribution in [0.25, 0.3) is 0 Å². The molecule has 0 bridgehead atoms. The molecule has 5 heteroatoms. The highest BCUT2D eigenvalue weighted by Crippen LogP contribution is 2.26. The predicted octanol–water partition coefficient (Wildman–Crippen LogP) is 1.93. The molecule has 1 N–H and O–H groups in total. The summed E-state index contributed by atoms with van der Waals surface area (Å²) in [6, 6.07) is 0. The third kappa shape index (κ3) is 2.63. The minimum atomic E-state index is 0.203. The lowest BCUT2D eigenvalue weighted by atomic mass is 10.00. The number of rotatable bonds is 3. The minimum absolute atomic E-state index is 0.203. The van der Waals surface area contributed by atoms with E-state index in [4.69, 9.17) is 0 Å². The third-order valence-electron chi connectivity index (χ3n) is 3.82. The van der Waals surface area contributed by atoms with Crippen molar-refractivity contribution in [2.45, 2.75) is 39.3 Å². The van der Waals surface area contributed by atoms with Crippen molar-refractivity contribution >= 4 is 15.9 Å². The molecule has 1 aromatic heterocycles. The van der Waals surface area contributed by atoms with Crippen LogP contribution in [0.1, 0.15) is 32.2 Å². The van der Waals surface area contributed by atoms with Crippen LogP contribution in [0.2, 0.25) is 0 Å². The van der Waals surface area contributed by atoms with Crippen molar-refractivity contribution in [3.8, 4) is 0 Å². The van der Waals surface area contributed by atoms with Crippen LogP contribution in [0.4, 0.5) is 0 Å². The average molecular weight is 315 g/mol. The molecule has 0 amide bonds. The van der Waals surface area contributed by atoms with Crippen LogP contribution in [0.15, 0.2) is 4.47 Å². The van der Waals surface area contributed by atoms with Gasteiger partial charge in [0.15, 0.2) is 0 Å². The molecule has 2 heterocycles. The lowest BCUT2D eigenvalue weighted by molar-refractivity contribution is 0.0799. The maximum absolute atomic E-state index is 4.57. The molecule has 0 spiro atoms. The minimum Gasteiger partial charge on any atom is -0.314 e. The van der Waals surface area contributed by atoms with Gasteiger partial charge < -0.3 is 5.32 Å². The Hall–Kier alpha value is -0.390. The second-order valence-corrected chi connectivity index (χ2v) is 6.39. The largest absolute Gasteiger partial charge is 0.314 e. The number of nitrogens with zero attached hydrogens (tertiary/aromatic N) is 3. The Morgan fingerprint density at radius 3 is 2.72 bits per heavy atom. The number of piperazine rings is 1. The lowest BCUT2D eigenvalue weighted by Gasteiger charge is -2.42. The summed E-state index contributed by atoms with van der Waals surface area (Å²) in [5, 5.41) is 8.03. The van der Waals surface area contributed by atoms with Crippen LogP contribution in [0.5, 0.6) is 0 Å². The lowest BCUT2D eigenvalue weighted by Crippen LogP contribution is -2.57. The number of nitrogens with one attached hydrogen (secondary N) is 1. The smallest absolute Gasteiger partial charge is 0.0767 e. The van der Waals surface area contributed by atoms with Crippen LogP contribution in [-0.2, 0) is 20.0 Å². The fourth-order valence-corrected chi connectivity index (χ4v) is 3.23. The molecule has 1 aliphatic rings. The normalized spacial score (nSPS) is 20.3. The van der Waals surface area contributed by atoms with Gasteiger partial charge in [-0.2, -0.15) is 5.10 Å². The van der Waals surface area contributed by atoms with Crippen LogP contribution < -0.4 is 5.32 Å². The molecule has 4 nitrogen and oxygen atoms in total. The number of halogens is 1. The van der Waals surface area contributed by atoms with Crippen LogP contribution in [0, 0.1) is 0 Å². The van der Waals surface area contributed by atoms with E-state index in [0.29, 0.717) is 0 Å². The zero-order chi connectivity index (χ0) is 13.3. The topological polar surface area (TPSA) is 33.1 Å². The molecule has 18 heavy (non-hydrogen) atoms. The molecule has 102 valence electrons. The Bertz CT molecular complexity index is 425. The maximum atomic E-state index is 4.57. The van der Waals surface area contributed by atoms with Gasteiger partial charge >= 0.3 is 0 Å². The first-order chi connectivity index (χ1) is 8.45. The fourth-order valence-electron chi connectivity index (χ4n) is 2.49. The molecule has 0 atom stereocenters. The van der Waals surface area contributed by atoms with Crippen molar-refractivity contribution in [1.29, 1.82) is 0 Å². The van der Waals surface area contributed by atoms with Crippen LogP contribution in [-0.4, -0.2) is 39.9 Å². The summed E-state index contributed by atoms with van der Waals surface area (Å²) in [6.07, 6.45) is 0.972. The van der Waals surface area contributed by atoms with Crippen molar-refractivity contribution in [2.75, 3.05) is 19.6 Å². The summed E-state index contributed by atoms with van der Waals surface area (Å²) < 4.78 is 3.20. The maximum Gasteiger partial charge on any atom is 0.0767 e. The molecule has 1 aliphatic heterocycles. The van der Waals surface area contributed by atoms with E-state index in [0.717, 1.165) is 38.3 Å². The molecular weight excluding hydrogens is 292 g/mol. The Morgan fingerprint density at radius 2 is 2.17 bits per heavy atom. The summed E-state index contributed by atoms with van der Waals surface area (Å²) in [6.45, 7) is 10.9. The zero-order valence-electron chi connectivity index (χ0n) is 11.8. The molecule has 0 unspecified atom stereocenters. The Labute approximate surface area is 118 Å². The van der Waals surface area contributed by atoms with Crippen molar-refractivity contribution in [3.05, 3.63) is 15.9 Å². The van der Waals surface area contributed by atoms with Crippen LogP contribution >= 0.6 is 15.9 Å². The highest BCUT2D eigenvalue weighted by atomic mass is 79.9. The Balaban J connectivity index is 2.20. The predicted molar refractivity (Wildman–Crippen MR) is 77.6 cm³/mol. The summed E-state index contributed by atoms with van der Waals surface area (Å²) in [5.74, 6) is 0. The van der Waals surface area contributed by atoms with Gasteiger partial charge in [-0.25, -0.2) is 0 Å². The average Bonchev–Trinajstić information content (AvgIpc) is 2.58. The highest BCUT2D eigenvalue weighted by molar-refractivity contribution is 9.10. The molecule has 0 aromatic carbocycles. The molecule has 0 radical (unpaired) electrons. The quantitative estimate of drug-likeness (QED) is 0.925. The standard InChI is InChI=1S/C13H23BrN4/c1-5-10-12(14)11(17(4)16-10)8-18-7-6-15-9-13(18,2)3/h15H,5-9H2,1-4H3. The van der Waals surface area contributed by atoms with E-state index in [1.165, 1.54) is 10.2 Å². The van der Waals surface area contributed by atoms with E-state index >= 15 is 0 Å². The van der Waals surface area contributed by atoms with Gasteiger partial charge in [0, 0.05) is 38.8 Å². The van der Waals surface area contributed by atoms with Gasteiger partial charge in [-0.05, 0) is 36.2 Å². The molecule has 1 saturated heterocycles. The van der Waals surface area contributed by atoms with Gasteiger partial charge in [0.1, 0.15) is 0 Å². The summed E-state index contributed by atoms with van der Waals surface area (Å²) in [5.41, 5.74) is 2.64. The van der Waals surface area contributed by atoms with Gasteiger partial charge in [-0.15, -0.1) is 0 Å².